The van der Waals surface area contributed by atoms with E-state index in [9.17, 15) is 5.11 Å². The largest absolute Gasteiger partial charge is 0.497 e. The van der Waals surface area contributed by atoms with Crippen LogP contribution in [0.15, 0.2) is 12.1 Å². The molecule has 20 heavy (non-hydrogen) atoms. The van der Waals surface area contributed by atoms with Crippen molar-refractivity contribution in [3.05, 3.63) is 28.8 Å². The molecule has 1 aromatic carbocycles. The van der Waals surface area contributed by atoms with Gasteiger partial charge in [0.2, 0.25) is 0 Å². The van der Waals surface area contributed by atoms with Gasteiger partial charge in [0.05, 0.1) is 13.2 Å². The Balaban J connectivity index is 2.83. The minimum absolute atomic E-state index is 0.433. The van der Waals surface area contributed by atoms with E-state index >= 15 is 0 Å². The summed E-state index contributed by atoms with van der Waals surface area (Å²) in [5.74, 6) is 0.856. The fraction of sp³-hybridized carbons (Fsp3) is 0.647. The highest BCUT2D eigenvalue weighted by Gasteiger charge is 2.17. The van der Waals surface area contributed by atoms with Crippen molar-refractivity contribution in [3.8, 4) is 5.75 Å². The zero-order valence-corrected chi connectivity index (χ0v) is 13.6. The van der Waals surface area contributed by atoms with Crippen molar-refractivity contribution in [2.24, 2.45) is 0 Å². The highest BCUT2D eigenvalue weighted by Crippen LogP contribution is 2.27. The van der Waals surface area contributed by atoms with Crippen LogP contribution in [0.5, 0.6) is 5.75 Å². The number of likely N-dealkylation sites (N-methyl/N-ethyl adjacent to an activating group) is 1. The second-order valence-electron chi connectivity index (χ2n) is 5.44. The van der Waals surface area contributed by atoms with Crippen LogP contribution in [0.3, 0.4) is 0 Å². The summed E-state index contributed by atoms with van der Waals surface area (Å²) in [5.41, 5.74) is 3.24. The van der Waals surface area contributed by atoms with E-state index in [1.165, 1.54) is 12.8 Å². The second kappa shape index (κ2) is 8.28. The van der Waals surface area contributed by atoms with E-state index in [0.29, 0.717) is 6.54 Å². The van der Waals surface area contributed by atoms with Crippen molar-refractivity contribution in [1.29, 1.82) is 0 Å². The van der Waals surface area contributed by atoms with Crippen molar-refractivity contribution in [2.75, 3.05) is 26.7 Å². The number of rotatable bonds is 8. The number of aliphatic hydroxyl groups is 1. The van der Waals surface area contributed by atoms with Crippen LogP contribution in [0.4, 0.5) is 0 Å². The molecule has 0 fully saturated rings. The molecule has 0 bridgehead atoms. The number of aryl methyl sites for hydroxylation is 2. The van der Waals surface area contributed by atoms with E-state index in [2.05, 4.69) is 18.7 Å². The van der Waals surface area contributed by atoms with Crippen LogP contribution in [-0.2, 0) is 0 Å². The Morgan fingerprint density at radius 1 is 1.20 bits per heavy atom. The smallest absolute Gasteiger partial charge is 0.119 e. The average molecular weight is 279 g/mol. The van der Waals surface area contributed by atoms with E-state index in [4.69, 9.17) is 4.74 Å². The molecule has 0 radical (unpaired) electrons. The first kappa shape index (κ1) is 17.0. The maximum Gasteiger partial charge on any atom is 0.119 e. The number of benzene rings is 1. The van der Waals surface area contributed by atoms with Gasteiger partial charge in [0.25, 0.3) is 0 Å². The van der Waals surface area contributed by atoms with E-state index in [1.807, 2.05) is 26.0 Å². The van der Waals surface area contributed by atoms with Gasteiger partial charge in [-0.2, -0.15) is 0 Å². The minimum Gasteiger partial charge on any atom is -0.497 e. The molecular formula is C17H29NO2. The first-order chi connectivity index (χ1) is 9.53. The van der Waals surface area contributed by atoms with Crippen LogP contribution >= 0.6 is 0 Å². The molecule has 3 nitrogen and oxygen atoms in total. The topological polar surface area (TPSA) is 32.7 Å². The number of aliphatic hydroxyl groups excluding tert-OH is 1. The van der Waals surface area contributed by atoms with Crippen molar-refractivity contribution in [2.45, 2.75) is 46.6 Å². The van der Waals surface area contributed by atoms with Crippen molar-refractivity contribution < 1.29 is 9.84 Å². The quantitative estimate of drug-likeness (QED) is 0.791. The van der Waals surface area contributed by atoms with Gasteiger partial charge < -0.3 is 14.7 Å². The second-order valence-corrected chi connectivity index (χ2v) is 5.44. The van der Waals surface area contributed by atoms with E-state index in [0.717, 1.165) is 35.5 Å². The van der Waals surface area contributed by atoms with Crippen molar-refractivity contribution in [3.63, 3.8) is 0 Å². The van der Waals surface area contributed by atoms with Crippen LogP contribution in [0, 0.1) is 13.8 Å². The predicted octanol–water partition coefficient (Wildman–Crippen LogP) is 3.47. The molecular weight excluding hydrogens is 250 g/mol. The molecule has 1 atom stereocenters. The lowest BCUT2D eigenvalue weighted by Crippen LogP contribution is -2.30. The normalized spacial score (nSPS) is 12.8. The van der Waals surface area contributed by atoms with Gasteiger partial charge in [-0.3, -0.25) is 0 Å². The maximum absolute atomic E-state index is 10.6. The molecule has 114 valence electrons. The third-order valence-electron chi connectivity index (χ3n) is 3.84. The maximum atomic E-state index is 10.6. The predicted molar refractivity (Wildman–Crippen MR) is 84.4 cm³/mol. The third kappa shape index (κ3) is 4.50. The van der Waals surface area contributed by atoms with E-state index < -0.39 is 6.10 Å². The molecule has 0 amide bonds. The lowest BCUT2D eigenvalue weighted by Gasteiger charge is -2.25. The molecule has 0 saturated carbocycles. The molecule has 0 spiro atoms. The summed E-state index contributed by atoms with van der Waals surface area (Å²) < 4.78 is 5.27. The van der Waals surface area contributed by atoms with Crippen LogP contribution in [0.1, 0.15) is 49.5 Å². The Hall–Kier alpha value is -1.06. The van der Waals surface area contributed by atoms with Gasteiger partial charge >= 0.3 is 0 Å². The van der Waals surface area contributed by atoms with Gasteiger partial charge in [0.15, 0.2) is 0 Å². The minimum atomic E-state index is -0.433. The van der Waals surface area contributed by atoms with E-state index in [1.54, 1.807) is 7.11 Å². The standard InChI is InChI=1S/C17H29NO2/c1-6-8-9-18(7-2)12-16(19)17-13(3)10-15(20-5)11-14(17)4/h10-11,16,19H,6-9,12H2,1-5H3. The van der Waals surface area contributed by atoms with Crippen molar-refractivity contribution >= 4 is 0 Å². The highest BCUT2D eigenvalue weighted by molar-refractivity contribution is 5.42. The summed E-state index contributed by atoms with van der Waals surface area (Å²) in [4.78, 5) is 2.32. The van der Waals surface area contributed by atoms with Crippen LogP contribution in [-0.4, -0.2) is 36.8 Å². The van der Waals surface area contributed by atoms with Gasteiger partial charge in [-0.25, -0.2) is 0 Å². The molecule has 0 heterocycles. The molecule has 0 aliphatic carbocycles. The number of hydrogen-bond donors (Lipinski definition) is 1. The van der Waals surface area contributed by atoms with Gasteiger partial charge in [-0.05, 0) is 62.2 Å². The van der Waals surface area contributed by atoms with Crippen molar-refractivity contribution in [1.82, 2.24) is 4.90 Å². The lowest BCUT2D eigenvalue weighted by atomic mass is 9.97. The third-order valence-corrected chi connectivity index (χ3v) is 3.84. The zero-order valence-electron chi connectivity index (χ0n) is 13.6. The van der Waals surface area contributed by atoms with Crippen LogP contribution in [0.2, 0.25) is 0 Å². The Bertz CT molecular complexity index is 394. The Kier molecular flexibility index (Phi) is 7.03. The average Bonchev–Trinajstić information content (AvgIpc) is 2.42. The molecule has 1 aromatic rings. The molecule has 0 aromatic heterocycles. The summed E-state index contributed by atoms with van der Waals surface area (Å²) in [5, 5.41) is 10.6. The number of ether oxygens (including phenoxy) is 1. The molecule has 0 saturated heterocycles. The van der Waals surface area contributed by atoms with Gasteiger partial charge in [-0.1, -0.05) is 20.3 Å². The van der Waals surface area contributed by atoms with E-state index in [-0.39, 0.29) is 0 Å². The first-order valence-corrected chi connectivity index (χ1v) is 7.59. The zero-order chi connectivity index (χ0) is 15.1. The monoisotopic (exact) mass is 279 g/mol. The molecule has 1 unspecified atom stereocenters. The molecule has 3 heteroatoms. The number of methoxy groups -OCH3 is 1. The van der Waals surface area contributed by atoms with Gasteiger partial charge in [0.1, 0.15) is 5.75 Å². The summed E-state index contributed by atoms with van der Waals surface area (Å²) in [6.07, 6.45) is 1.94. The highest BCUT2D eigenvalue weighted by atomic mass is 16.5. The van der Waals surface area contributed by atoms with Gasteiger partial charge in [0, 0.05) is 6.54 Å². The number of unbranched alkanes of at least 4 members (excludes halogenated alkanes) is 1. The Labute approximate surface area is 123 Å². The first-order valence-electron chi connectivity index (χ1n) is 7.59. The summed E-state index contributed by atoms with van der Waals surface area (Å²) in [6.45, 7) is 11.2. The molecule has 1 rings (SSSR count). The number of nitrogens with zero attached hydrogens (tertiary/aromatic N) is 1. The molecule has 0 aliphatic rings. The lowest BCUT2D eigenvalue weighted by molar-refractivity contribution is 0.114. The SMILES string of the molecule is CCCCN(CC)CC(O)c1c(C)cc(OC)cc1C. The van der Waals surface area contributed by atoms with Crippen LogP contribution < -0.4 is 4.74 Å². The van der Waals surface area contributed by atoms with Crippen LogP contribution in [0.25, 0.3) is 0 Å². The Morgan fingerprint density at radius 2 is 1.80 bits per heavy atom. The molecule has 1 N–H and O–H groups in total. The summed E-state index contributed by atoms with van der Waals surface area (Å²) in [6, 6.07) is 3.99. The fourth-order valence-corrected chi connectivity index (χ4v) is 2.67. The Morgan fingerprint density at radius 3 is 2.25 bits per heavy atom. The molecule has 0 aliphatic heterocycles. The fourth-order valence-electron chi connectivity index (χ4n) is 2.67. The summed E-state index contributed by atoms with van der Waals surface area (Å²) in [7, 11) is 1.67. The number of hydrogen-bond acceptors (Lipinski definition) is 3. The summed E-state index contributed by atoms with van der Waals surface area (Å²) >= 11 is 0. The van der Waals surface area contributed by atoms with Gasteiger partial charge in [-0.15, -0.1) is 0 Å².